The van der Waals surface area contributed by atoms with Crippen molar-refractivity contribution in [3.05, 3.63) is 35.0 Å². The number of hydrogen-bond donors (Lipinski definition) is 1. The number of fused-ring (bicyclic) bond motifs is 1. The van der Waals surface area contributed by atoms with Gasteiger partial charge in [-0.25, -0.2) is 4.98 Å². The highest BCUT2D eigenvalue weighted by atomic mass is 35.5. The third kappa shape index (κ3) is 3.42. The molecule has 1 aromatic heterocycles. The van der Waals surface area contributed by atoms with Crippen molar-refractivity contribution in [1.82, 2.24) is 4.98 Å². The monoisotopic (exact) mass is 334 g/mol. The average Bonchev–Trinajstić information content (AvgIpc) is 2.59. The molecule has 0 saturated carbocycles. The molecule has 0 aliphatic carbocycles. The fraction of sp³-hybridized carbons (Fsp3) is 0.353. The second-order valence-electron chi connectivity index (χ2n) is 5.25. The highest BCUT2D eigenvalue weighted by molar-refractivity contribution is 6.33. The van der Waals surface area contributed by atoms with Gasteiger partial charge in [0.25, 0.3) is 0 Å². The number of aliphatic hydroxyl groups excluding tert-OH is 1. The van der Waals surface area contributed by atoms with Crippen molar-refractivity contribution in [2.45, 2.75) is 0 Å². The smallest absolute Gasteiger partial charge is 0.139 e. The van der Waals surface area contributed by atoms with Crippen LogP contribution in [0.2, 0.25) is 5.02 Å². The van der Waals surface area contributed by atoms with Crippen LogP contribution in [-0.4, -0.2) is 50.1 Å². The highest BCUT2D eigenvalue weighted by Crippen LogP contribution is 2.35. The molecule has 2 heterocycles. The van der Waals surface area contributed by atoms with E-state index >= 15 is 0 Å². The van der Waals surface area contributed by atoms with Gasteiger partial charge in [0.1, 0.15) is 5.75 Å². The number of hydrogen-bond acceptors (Lipinski definition) is 5. The molecule has 0 bridgehead atoms. The van der Waals surface area contributed by atoms with Crippen LogP contribution in [-0.2, 0) is 4.74 Å². The Morgan fingerprint density at radius 1 is 1.35 bits per heavy atom. The normalized spacial score (nSPS) is 15.5. The van der Waals surface area contributed by atoms with E-state index in [0.29, 0.717) is 24.0 Å². The van der Waals surface area contributed by atoms with Crippen molar-refractivity contribution < 1.29 is 14.6 Å². The third-order valence-electron chi connectivity index (χ3n) is 3.83. The summed E-state index contributed by atoms with van der Waals surface area (Å²) in [5.41, 5.74) is 2.67. The SMILES string of the molecule is COc1cc2nc(/C=C/CO)cc(N3CCOCC3)c2cc1Cl. The summed E-state index contributed by atoms with van der Waals surface area (Å²) < 4.78 is 10.7. The lowest BCUT2D eigenvalue weighted by Gasteiger charge is -2.30. The van der Waals surface area contributed by atoms with Crippen LogP contribution in [0.4, 0.5) is 5.69 Å². The minimum atomic E-state index is -0.0173. The largest absolute Gasteiger partial charge is 0.495 e. The van der Waals surface area contributed by atoms with Gasteiger partial charge in [0.2, 0.25) is 0 Å². The number of aromatic nitrogens is 1. The summed E-state index contributed by atoms with van der Waals surface area (Å²) >= 11 is 6.29. The van der Waals surface area contributed by atoms with Crippen molar-refractivity contribution in [1.29, 1.82) is 0 Å². The molecule has 2 aromatic rings. The first kappa shape index (κ1) is 16.1. The Kier molecular flexibility index (Phi) is 5.00. The standard InChI is InChI=1S/C17H19ClN2O3/c1-22-17-11-15-13(10-14(17)18)16(20-4-7-23-8-5-20)9-12(19-15)3-2-6-21/h2-3,9-11,21H,4-8H2,1H3/b3-2+. The maximum Gasteiger partial charge on any atom is 0.139 e. The molecule has 6 heteroatoms. The molecule has 0 atom stereocenters. The highest BCUT2D eigenvalue weighted by Gasteiger charge is 2.17. The number of morpholine rings is 1. The number of rotatable bonds is 4. The number of benzene rings is 1. The van der Waals surface area contributed by atoms with Crippen LogP contribution in [0.3, 0.4) is 0 Å². The summed E-state index contributed by atoms with van der Waals surface area (Å²) in [7, 11) is 1.59. The number of pyridine rings is 1. The molecule has 122 valence electrons. The molecule has 23 heavy (non-hydrogen) atoms. The number of halogens is 1. The van der Waals surface area contributed by atoms with Gasteiger partial charge in [0, 0.05) is 30.2 Å². The Morgan fingerprint density at radius 3 is 2.83 bits per heavy atom. The summed E-state index contributed by atoms with van der Waals surface area (Å²) in [6.07, 6.45) is 3.48. The van der Waals surface area contributed by atoms with Gasteiger partial charge in [-0.2, -0.15) is 0 Å². The van der Waals surface area contributed by atoms with Crippen LogP contribution in [0.5, 0.6) is 5.75 Å². The summed E-state index contributed by atoms with van der Waals surface area (Å²) in [6.45, 7) is 3.04. The lowest BCUT2D eigenvalue weighted by atomic mass is 10.1. The zero-order valence-electron chi connectivity index (χ0n) is 13.0. The lowest BCUT2D eigenvalue weighted by Crippen LogP contribution is -2.36. The number of anilines is 1. The van der Waals surface area contributed by atoms with E-state index in [2.05, 4.69) is 9.88 Å². The molecule has 1 aromatic carbocycles. The molecule has 0 spiro atoms. The second kappa shape index (κ2) is 7.17. The van der Waals surface area contributed by atoms with E-state index in [9.17, 15) is 0 Å². The Labute approximate surface area is 140 Å². The zero-order chi connectivity index (χ0) is 16.2. The quantitative estimate of drug-likeness (QED) is 0.931. The molecule has 1 fully saturated rings. The van der Waals surface area contributed by atoms with Gasteiger partial charge in [0.15, 0.2) is 0 Å². The number of methoxy groups -OCH3 is 1. The van der Waals surface area contributed by atoms with Gasteiger partial charge in [-0.1, -0.05) is 17.7 Å². The number of ether oxygens (including phenoxy) is 2. The fourth-order valence-corrected chi connectivity index (χ4v) is 2.95. The maximum atomic E-state index is 9.00. The first-order chi connectivity index (χ1) is 11.2. The van der Waals surface area contributed by atoms with Crippen LogP contribution in [0.15, 0.2) is 24.3 Å². The molecule has 0 radical (unpaired) electrons. The van der Waals surface area contributed by atoms with Gasteiger partial charge in [-0.05, 0) is 18.2 Å². The molecular weight excluding hydrogens is 316 g/mol. The topological polar surface area (TPSA) is 54.8 Å². The zero-order valence-corrected chi connectivity index (χ0v) is 13.7. The van der Waals surface area contributed by atoms with Gasteiger partial charge in [0.05, 0.1) is 43.2 Å². The fourth-order valence-electron chi connectivity index (χ4n) is 2.71. The minimum Gasteiger partial charge on any atom is -0.495 e. The molecule has 1 saturated heterocycles. The van der Waals surface area contributed by atoms with Crippen molar-refractivity contribution in [2.75, 3.05) is 44.9 Å². The molecule has 3 rings (SSSR count). The van der Waals surface area contributed by atoms with E-state index in [4.69, 9.17) is 26.2 Å². The molecule has 0 unspecified atom stereocenters. The van der Waals surface area contributed by atoms with Crippen molar-refractivity contribution in [2.24, 2.45) is 0 Å². The van der Waals surface area contributed by atoms with Crippen LogP contribution < -0.4 is 9.64 Å². The molecular formula is C17H19ClN2O3. The van der Waals surface area contributed by atoms with Gasteiger partial charge in [-0.15, -0.1) is 0 Å². The van der Waals surface area contributed by atoms with Gasteiger partial charge in [-0.3, -0.25) is 0 Å². The summed E-state index contributed by atoms with van der Waals surface area (Å²) in [6, 6.07) is 5.76. The van der Waals surface area contributed by atoms with Gasteiger partial charge >= 0.3 is 0 Å². The van der Waals surface area contributed by atoms with E-state index in [0.717, 1.165) is 35.4 Å². The van der Waals surface area contributed by atoms with E-state index in [1.807, 2.05) is 24.3 Å². The Hall–Kier alpha value is -1.82. The first-order valence-corrected chi connectivity index (χ1v) is 7.89. The van der Waals surface area contributed by atoms with Crippen molar-refractivity contribution in [3.63, 3.8) is 0 Å². The lowest BCUT2D eigenvalue weighted by molar-refractivity contribution is 0.123. The average molecular weight is 335 g/mol. The Balaban J connectivity index is 2.16. The van der Waals surface area contributed by atoms with Crippen LogP contribution >= 0.6 is 11.6 Å². The third-order valence-corrected chi connectivity index (χ3v) is 4.12. The molecule has 0 amide bonds. The van der Waals surface area contributed by atoms with Gasteiger partial charge < -0.3 is 19.5 Å². The van der Waals surface area contributed by atoms with E-state index < -0.39 is 0 Å². The second-order valence-corrected chi connectivity index (χ2v) is 5.66. The Morgan fingerprint density at radius 2 is 2.13 bits per heavy atom. The summed E-state index contributed by atoms with van der Waals surface area (Å²) in [5.74, 6) is 0.600. The minimum absolute atomic E-state index is 0.0173. The van der Waals surface area contributed by atoms with Crippen LogP contribution in [0.25, 0.3) is 17.0 Å². The molecule has 1 aliphatic heterocycles. The molecule has 5 nitrogen and oxygen atoms in total. The van der Waals surface area contributed by atoms with Crippen LogP contribution in [0, 0.1) is 0 Å². The predicted octanol–water partition coefficient (Wildman–Crippen LogP) is 2.74. The number of aliphatic hydroxyl groups is 1. The number of nitrogens with zero attached hydrogens (tertiary/aromatic N) is 2. The molecule has 1 aliphatic rings. The first-order valence-electron chi connectivity index (χ1n) is 7.51. The van der Waals surface area contributed by atoms with E-state index in [1.54, 1.807) is 13.2 Å². The van der Waals surface area contributed by atoms with E-state index in [-0.39, 0.29) is 6.61 Å². The van der Waals surface area contributed by atoms with Crippen molar-refractivity contribution in [3.8, 4) is 5.75 Å². The Bertz CT molecular complexity index is 727. The summed E-state index contributed by atoms with van der Waals surface area (Å²) in [4.78, 5) is 6.89. The van der Waals surface area contributed by atoms with Crippen LogP contribution in [0.1, 0.15) is 5.69 Å². The van der Waals surface area contributed by atoms with Crippen molar-refractivity contribution >= 4 is 34.3 Å². The maximum absolute atomic E-state index is 9.00. The predicted molar refractivity (Wildman–Crippen MR) is 92.5 cm³/mol. The molecule has 1 N–H and O–H groups in total. The summed E-state index contributed by atoms with van der Waals surface area (Å²) in [5, 5.41) is 10.5. The van der Waals surface area contributed by atoms with E-state index in [1.165, 1.54) is 0 Å².